The molecule has 0 bridgehead atoms. The van der Waals surface area contributed by atoms with Crippen LogP contribution in [0.25, 0.3) is 22.3 Å². The van der Waals surface area contributed by atoms with E-state index in [1.165, 1.54) is 0 Å². The van der Waals surface area contributed by atoms with Crippen LogP contribution in [0, 0.1) is 0 Å². The van der Waals surface area contributed by atoms with Gasteiger partial charge in [-0.3, -0.25) is 9.59 Å². The summed E-state index contributed by atoms with van der Waals surface area (Å²) in [4.78, 5) is 23.6. The van der Waals surface area contributed by atoms with E-state index in [9.17, 15) is 9.59 Å². The van der Waals surface area contributed by atoms with Crippen LogP contribution in [0.1, 0.15) is 10.4 Å². The molecule has 3 heteroatoms. The second-order valence-electron chi connectivity index (χ2n) is 5.06. The Labute approximate surface area is 139 Å². The molecule has 0 fully saturated rings. The van der Waals surface area contributed by atoms with Gasteiger partial charge in [0, 0.05) is 11.1 Å². The largest absolute Gasteiger partial charge is 0.293 e. The minimum atomic E-state index is -0.979. The Morgan fingerprint density at radius 3 is 1.78 bits per heavy atom. The number of Topliss-reactive ketones (excluding diaryl/α,β-unsaturated/α-hetero) is 1. The fourth-order valence-corrected chi connectivity index (χ4v) is 2.72. The van der Waals surface area contributed by atoms with Gasteiger partial charge in [-0.15, -0.1) is 0 Å². The molecule has 0 amide bonds. The van der Waals surface area contributed by atoms with Gasteiger partial charge >= 0.3 is 0 Å². The van der Waals surface area contributed by atoms with Gasteiger partial charge in [0.25, 0.3) is 5.24 Å². The molecule has 3 rings (SSSR count). The molecule has 3 aromatic carbocycles. The molecule has 112 valence electrons. The van der Waals surface area contributed by atoms with Crippen LogP contribution in [0.4, 0.5) is 0 Å². The van der Waals surface area contributed by atoms with E-state index < -0.39 is 11.0 Å². The van der Waals surface area contributed by atoms with Crippen molar-refractivity contribution in [2.24, 2.45) is 0 Å². The highest BCUT2D eigenvalue weighted by Gasteiger charge is 2.21. The van der Waals surface area contributed by atoms with E-state index in [0.29, 0.717) is 5.56 Å². The molecule has 0 N–H and O–H groups in total. The average molecular weight is 321 g/mol. The van der Waals surface area contributed by atoms with Crippen LogP contribution in [0.2, 0.25) is 0 Å². The molecule has 0 aliphatic heterocycles. The predicted molar refractivity (Wildman–Crippen MR) is 92.5 cm³/mol. The van der Waals surface area contributed by atoms with Gasteiger partial charge in [-0.1, -0.05) is 78.9 Å². The first kappa shape index (κ1) is 15.2. The zero-order chi connectivity index (χ0) is 16.2. The highest BCUT2D eigenvalue weighted by Crippen LogP contribution is 2.35. The lowest BCUT2D eigenvalue weighted by Crippen LogP contribution is -2.09. The second-order valence-corrected chi connectivity index (χ2v) is 5.41. The summed E-state index contributed by atoms with van der Waals surface area (Å²) in [6.07, 6.45) is 0. The smallest absolute Gasteiger partial charge is 0.284 e. The number of rotatable bonds is 4. The predicted octanol–water partition coefficient (Wildman–Crippen LogP) is 4.97. The summed E-state index contributed by atoms with van der Waals surface area (Å²) in [7, 11) is 0. The maximum absolute atomic E-state index is 12.2. The van der Waals surface area contributed by atoms with E-state index >= 15 is 0 Å². The maximum atomic E-state index is 12.2. The first-order valence-electron chi connectivity index (χ1n) is 7.16. The fraction of sp³-hybridized carbons (Fsp3) is 0. The molecule has 0 saturated carbocycles. The van der Waals surface area contributed by atoms with E-state index in [1.807, 2.05) is 66.7 Å². The Morgan fingerprint density at radius 2 is 1.22 bits per heavy atom. The van der Waals surface area contributed by atoms with Gasteiger partial charge in [0.15, 0.2) is 0 Å². The number of carbonyl (C=O) groups is 2. The summed E-state index contributed by atoms with van der Waals surface area (Å²) in [5.41, 5.74) is 3.77. The van der Waals surface area contributed by atoms with E-state index in [1.54, 1.807) is 12.1 Å². The molecule has 0 spiro atoms. The standard InChI is InChI=1S/C20H13ClO2/c21-20(23)19(22)17-13-7-12-16(14-8-3-1-4-9-14)18(17)15-10-5-2-6-11-15/h1-13H. The Bertz CT molecular complexity index is 855. The molecule has 0 aliphatic carbocycles. The summed E-state index contributed by atoms with van der Waals surface area (Å²) in [6, 6.07) is 24.6. The molecular formula is C20H13ClO2. The van der Waals surface area contributed by atoms with Crippen molar-refractivity contribution in [1.82, 2.24) is 0 Å². The van der Waals surface area contributed by atoms with E-state index in [2.05, 4.69) is 0 Å². The van der Waals surface area contributed by atoms with Crippen LogP contribution in [0.3, 0.4) is 0 Å². The lowest BCUT2D eigenvalue weighted by molar-refractivity contribution is -0.108. The monoisotopic (exact) mass is 320 g/mol. The SMILES string of the molecule is O=C(Cl)C(=O)c1cccc(-c2ccccc2)c1-c1ccccc1. The molecule has 0 heterocycles. The quantitative estimate of drug-likeness (QED) is 0.386. The van der Waals surface area contributed by atoms with Crippen molar-refractivity contribution in [3.63, 3.8) is 0 Å². The second kappa shape index (κ2) is 6.59. The van der Waals surface area contributed by atoms with Crippen molar-refractivity contribution in [2.75, 3.05) is 0 Å². The Hall–Kier alpha value is -2.71. The molecule has 0 atom stereocenters. The first-order valence-corrected chi connectivity index (χ1v) is 7.54. The molecule has 0 saturated heterocycles. The lowest BCUT2D eigenvalue weighted by atomic mass is 9.89. The van der Waals surface area contributed by atoms with Gasteiger partial charge in [0.2, 0.25) is 5.78 Å². The van der Waals surface area contributed by atoms with E-state index in [-0.39, 0.29) is 0 Å². The number of hydrogen-bond acceptors (Lipinski definition) is 2. The van der Waals surface area contributed by atoms with Crippen molar-refractivity contribution < 1.29 is 9.59 Å². The lowest BCUT2D eigenvalue weighted by Gasteiger charge is -2.14. The number of carbonyl (C=O) groups excluding carboxylic acids is 2. The van der Waals surface area contributed by atoms with E-state index in [0.717, 1.165) is 22.3 Å². The maximum Gasteiger partial charge on any atom is 0.293 e. The summed E-state index contributed by atoms with van der Waals surface area (Å²) < 4.78 is 0. The van der Waals surface area contributed by atoms with Gasteiger partial charge in [-0.2, -0.15) is 0 Å². The van der Waals surface area contributed by atoms with Gasteiger partial charge in [-0.25, -0.2) is 0 Å². The highest BCUT2D eigenvalue weighted by molar-refractivity contribution is 6.83. The summed E-state index contributed by atoms with van der Waals surface area (Å²) in [5.74, 6) is -0.691. The zero-order valence-electron chi connectivity index (χ0n) is 12.2. The zero-order valence-corrected chi connectivity index (χ0v) is 13.0. The third kappa shape index (κ3) is 3.08. The average Bonchev–Trinajstić information content (AvgIpc) is 2.62. The van der Waals surface area contributed by atoms with E-state index in [4.69, 9.17) is 11.6 Å². The molecule has 0 aliphatic rings. The van der Waals surface area contributed by atoms with Crippen LogP contribution < -0.4 is 0 Å². The van der Waals surface area contributed by atoms with Crippen LogP contribution in [0.5, 0.6) is 0 Å². The first-order chi connectivity index (χ1) is 11.2. The summed E-state index contributed by atoms with van der Waals surface area (Å²) in [5, 5.41) is -0.979. The Balaban J connectivity index is 2.31. The minimum Gasteiger partial charge on any atom is -0.284 e. The number of hydrogen-bond donors (Lipinski definition) is 0. The number of ketones is 1. The van der Waals surface area contributed by atoms with Gasteiger partial charge in [0.1, 0.15) is 0 Å². The third-order valence-corrected chi connectivity index (χ3v) is 3.81. The van der Waals surface area contributed by atoms with Crippen molar-refractivity contribution in [1.29, 1.82) is 0 Å². The Kier molecular flexibility index (Phi) is 4.35. The number of benzene rings is 3. The Morgan fingerprint density at radius 1 is 0.652 bits per heavy atom. The fourth-order valence-electron chi connectivity index (χ4n) is 2.62. The van der Waals surface area contributed by atoms with Crippen molar-refractivity contribution in [3.05, 3.63) is 84.4 Å². The summed E-state index contributed by atoms with van der Waals surface area (Å²) >= 11 is 5.43. The van der Waals surface area contributed by atoms with Crippen LogP contribution in [-0.2, 0) is 4.79 Å². The molecule has 0 unspecified atom stereocenters. The van der Waals surface area contributed by atoms with Crippen molar-refractivity contribution in [3.8, 4) is 22.3 Å². The highest BCUT2D eigenvalue weighted by atomic mass is 35.5. The van der Waals surface area contributed by atoms with Crippen molar-refractivity contribution in [2.45, 2.75) is 0 Å². The van der Waals surface area contributed by atoms with Crippen molar-refractivity contribution >= 4 is 22.6 Å². The van der Waals surface area contributed by atoms with Crippen LogP contribution in [-0.4, -0.2) is 11.0 Å². The van der Waals surface area contributed by atoms with Crippen LogP contribution >= 0.6 is 11.6 Å². The third-order valence-electron chi connectivity index (χ3n) is 3.63. The molecule has 3 aromatic rings. The molecular weight excluding hydrogens is 308 g/mol. The minimum absolute atomic E-state index is 0.317. The van der Waals surface area contributed by atoms with Gasteiger partial charge < -0.3 is 0 Å². The molecule has 2 nitrogen and oxygen atoms in total. The van der Waals surface area contributed by atoms with Gasteiger partial charge in [0.05, 0.1) is 0 Å². The summed E-state index contributed by atoms with van der Waals surface area (Å²) in [6.45, 7) is 0. The normalized spacial score (nSPS) is 10.3. The topological polar surface area (TPSA) is 34.1 Å². The molecule has 0 radical (unpaired) electrons. The van der Waals surface area contributed by atoms with Crippen LogP contribution in [0.15, 0.2) is 78.9 Å². The molecule has 0 aromatic heterocycles. The molecule has 23 heavy (non-hydrogen) atoms. The van der Waals surface area contributed by atoms with Gasteiger partial charge in [-0.05, 0) is 28.3 Å². The number of halogens is 1.